The Labute approximate surface area is 79.3 Å². The van der Waals surface area contributed by atoms with Crippen LogP contribution in [0.15, 0.2) is 0 Å². The second kappa shape index (κ2) is 15.9. The molecule has 0 spiro atoms. The van der Waals surface area contributed by atoms with Gasteiger partial charge in [-0.25, -0.2) is 0 Å². The molecule has 0 rings (SSSR count). The fourth-order valence-electron chi connectivity index (χ4n) is 0. The van der Waals surface area contributed by atoms with E-state index in [1.807, 2.05) is 0 Å². The first-order chi connectivity index (χ1) is 1.41. The van der Waals surface area contributed by atoms with Crippen molar-refractivity contribution < 1.29 is 54.0 Å². The van der Waals surface area contributed by atoms with Crippen molar-refractivity contribution in [2.45, 2.75) is 0 Å². The van der Waals surface area contributed by atoms with E-state index in [1.54, 1.807) is 0 Å². The molecular formula is H3AlB2YZr. The largest absolute Gasteiger partial charge is 0 e. The summed E-state index contributed by atoms with van der Waals surface area (Å²) in [5, 5.41) is 0. The molecule has 0 aromatic carbocycles. The molecule has 0 heterocycles. The van der Waals surface area contributed by atoms with E-state index in [-0.39, 0.29) is 50.1 Å². The molecule has 0 saturated carbocycles. The van der Waals surface area contributed by atoms with Crippen molar-refractivity contribution >= 4 is 26.8 Å². The maximum absolute atomic E-state index is 4.80. The van der Waals surface area contributed by atoms with Crippen molar-refractivity contribution in [2.24, 2.45) is 0 Å². The van der Waals surface area contributed by atoms with E-state index in [0.29, 0.717) is 0 Å². The predicted molar refractivity (Wildman–Crippen MR) is 21.4 cm³/mol. The van der Waals surface area contributed by atoms with Gasteiger partial charge in [-0.05, 0) is 0 Å². The smallest absolute Gasteiger partial charge is 0 e. The SMILES string of the molecule is [AlH3].[B]#[Zr]#[B].[Y]. The maximum atomic E-state index is 4.80. The molecule has 0 bridgehead atoms. The van der Waals surface area contributed by atoms with Crippen LogP contribution in [0.4, 0.5) is 0 Å². The maximum Gasteiger partial charge on any atom is 0 e. The topological polar surface area (TPSA) is 0 Å². The van der Waals surface area contributed by atoms with E-state index < -0.39 is 21.3 Å². The third kappa shape index (κ3) is 20.5. The third-order valence-corrected chi connectivity index (χ3v) is 0. The second-order valence-electron chi connectivity index (χ2n) is 0.167. The minimum Gasteiger partial charge on any atom is 0 e. The molecule has 0 N–H and O–H groups in total. The van der Waals surface area contributed by atoms with Gasteiger partial charge in [0.15, 0.2) is 17.4 Å². The third-order valence-electron chi connectivity index (χ3n) is 0. The quantitative estimate of drug-likeness (QED) is 0.426. The molecule has 0 aromatic heterocycles. The van der Waals surface area contributed by atoms with E-state index in [4.69, 9.17) is 9.45 Å². The van der Waals surface area contributed by atoms with E-state index in [0.717, 1.165) is 0 Å². The zero-order valence-corrected chi connectivity index (χ0v) is 7.53. The van der Waals surface area contributed by atoms with Crippen molar-refractivity contribution in [3.63, 3.8) is 0 Å². The molecule has 0 aliphatic heterocycles. The van der Waals surface area contributed by atoms with Crippen LogP contribution in [0.25, 0.3) is 0 Å². The molecule has 19 valence electrons. The molecule has 0 unspecified atom stereocenters. The van der Waals surface area contributed by atoms with Crippen molar-refractivity contribution in [3.8, 4) is 0 Å². The first-order valence-electron chi connectivity index (χ1n) is 0.577. The fraction of sp³-hybridized carbons (Fsp3) is 0. The summed E-state index contributed by atoms with van der Waals surface area (Å²) in [5.74, 6) is 0. The van der Waals surface area contributed by atoms with Crippen LogP contribution in [0.3, 0.4) is 0 Å². The Bertz CT molecular complexity index is 82.8. The summed E-state index contributed by atoms with van der Waals surface area (Å²) in [6, 6.07) is 0. The van der Waals surface area contributed by atoms with Crippen LogP contribution < -0.4 is 0 Å². The van der Waals surface area contributed by atoms with E-state index in [1.165, 1.54) is 0 Å². The van der Waals surface area contributed by atoms with Gasteiger partial charge in [0.2, 0.25) is 0 Å². The molecule has 0 atom stereocenters. The summed E-state index contributed by atoms with van der Waals surface area (Å²) < 4.78 is 9.59. The molecule has 5 heteroatoms. The molecule has 0 aliphatic rings. The average molecular weight is 232 g/mol. The minimum atomic E-state index is -0.770. The van der Waals surface area contributed by atoms with E-state index >= 15 is 0 Å². The van der Waals surface area contributed by atoms with Crippen LogP contribution in [-0.4, -0.2) is 26.8 Å². The average Bonchev–Trinajstić information content (AvgIpc) is 0.918. The first kappa shape index (κ1) is 15.6. The molecule has 5 heavy (non-hydrogen) atoms. The van der Waals surface area contributed by atoms with Gasteiger partial charge in [0, 0.05) is 32.7 Å². The van der Waals surface area contributed by atoms with Gasteiger partial charge >= 0.3 is 30.8 Å². The van der Waals surface area contributed by atoms with Crippen LogP contribution in [0.1, 0.15) is 0 Å². The Hall–Kier alpha value is 2.65. The van der Waals surface area contributed by atoms with Gasteiger partial charge in [-0.15, -0.1) is 0 Å². The van der Waals surface area contributed by atoms with Gasteiger partial charge in [-0.1, -0.05) is 0 Å². The van der Waals surface area contributed by atoms with Crippen LogP contribution >= 0.6 is 0 Å². The van der Waals surface area contributed by atoms with Crippen molar-refractivity contribution in [2.75, 3.05) is 0 Å². The Kier molecular flexibility index (Phi) is 49.9. The number of rotatable bonds is 0. The number of hydrogen-bond donors (Lipinski definition) is 0. The molecular weight excluding hydrogens is 229 g/mol. The molecule has 0 saturated heterocycles. The van der Waals surface area contributed by atoms with Crippen LogP contribution in [-0.2, 0) is 54.0 Å². The van der Waals surface area contributed by atoms with Gasteiger partial charge in [-0.3, -0.25) is 0 Å². The Morgan fingerprint density at radius 1 is 1.20 bits per heavy atom. The van der Waals surface area contributed by atoms with Crippen LogP contribution in [0, 0.1) is 0 Å². The monoisotopic (exact) mass is 231 g/mol. The van der Waals surface area contributed by atoms with Crippen LogP contribution in [0.2, 0.25) is 0 Å². The summed E-state index contributed by atoms with van der Waals surface area (Å²) >= 11 is -0.770. The van der Waals surface area contributed by atoms with Crippen molar-refractivity contribution in [1.29, 1.82) is 0 Å². The Morgan fingerprint density at radius 3 is 1.20 bits per heavy atom. The zero-order chi connectivity index (χ0) is 2.71. The summed E-state index contributed by atoms with van der Waals surface area (Å²) in [7, 11) is 0. The van der Waals surface area contributed by atoms with E-state index in [9.17, 15) is 0 Å². The molecule has 0 aliphatic carbocycles. The Balaban J connectivity index is -0.0000000200. The molecule has 1 radical (unpaired) electrons. The Morgan fingerprint density at radius 2 is 1.20 bits per heavy atom. The summed E-state index contributed by atoms with van der Waals surface area (Å²) in [6.45, 7) is 0. The molecule has 0 nitrogen and oxygen atoms in total. The minimum absolute atomic E-state index is 0. The normalized spacial score (nSPS) is 4.80. The van der Waals surface area contributed by atoms with Gasteiger partial charge in [0.05, 0.1) is 0 Å². The molecule has 0 fully saturated rings. The molecule has 0 aromatic rings. The second-order valence-corrected chi connectivity index (χ2v) is 0.986. The standard InChI is InChI=1S/Al.2B.Y.Zr.3H. The van der Waals surface area contributed by atoms with Crippen molar-refractivity contribution in [1.82, 2.24) is 0 Å². The molecule has 0 amide bonds. The fourth-order valence-corrected chi connectivity index (χ4v) is 0. The van der Waals surface area contributed by atoms with Gasteiger partial charge < -0.3 is 0 Å². The van der Waals surface area contributed by atoms with Crippen molar-refractivity contribution in [3.05, 3.63) is 0 Å². The summed E-state index contributed by atoms with van der Waals surface area (Å²) in [5.41, 5.74) is 0. The van der Waals surface area contributed by atoms with E-state index in [2.05, 4.69) is 0 Å². The van der Waals surface area contributed by atoms with Gasteiger partial charge in [0.25, 0.3) is 0 Å². The zero-order valence-electron chi connectivity index (χ0n) is 2.23. The van der Waals surface area contributed by atoms with Gasteiger partial charge in [-0.2, -0.15) is 0 Å². The predicted octanol–water partition coefficient (Wildman–Crippen LogP) is -1.95. The van der Waals surface area contributed by atoms with Crippen LogP contribution in [0.5, 0.6) is 0 Å². The summed E-state index contributed by atoms with van der Waals surface area (Å²) in [4.78, 5) is 0. The van der Waals surface area contributed by atoms with Gasteiger partial charge in [0.1, 0.15) is 0 Å². The number of hydrogen-bond acceptors (Lipinski definition) is 0. The summed E-state index contributed by atoms with van der Waals surface area (Å²) in [6.07, 6.45) is 0. The first-order valence-corrected chi connectivity index (χ1v) is 3.42.